The van der Waals surface area contributed by atoms with E-state index in [-0.39, 0.29) is 0 Å². The van der Waals surface area contributed by atoms with Crippen molar-refractivity contribution in [3.63, 3.8) is 0 Å². The van der Waals surface area contributed by atoms with E-state index in [0.717, 1.165) is 36.3 Å². The average Bonchev–Trinajstić information content (AvgIpc) is 3.17. The summed E-state index contributed by atoms with van der Waals surface area (Å²) in [7, 11) is 0. The molecule has 1 aliphatic heterocycles. The molecular formula is C16H18N2O2. The van der Waals surface area contributed by atoms with Crippen LogP contribution in [0.25, 0.3) is 10.9 Å². The fourth-order valence-electron chi connectivity index (χ4n) is 3.29. The summed E-state index contributed by atoms with van der Waals surface area (Å²) in [6.07, 6.45) is 3.75. The normalized spacial score (nSPS) is 19.2. The molecule has 0 radical (unpaired) electrons. The van der Waals surface area contributed by atoms with Gasteiger partial charge in [-0.15, -0.1) is 0 Å². The Bertz CT molecular complexity index is 685. The van der Waals surface area contributed by atoms with Crippen molar-refractivity contribution < 1.29 is 9.90 Å². The number of fused-ring (bicyclic) bond motifs is 3. The van der Waals surface area contributed by atoms with Crippen molar-refractivity contribution in [2.45, 2.75) is 25.8 Å². The summed E-state index contributed by atoms with van der Waals surface area (Å²) in [6.45, 7) is 3.23. The largest absolute Gasteiger partial charge is 0.478 e. The van der Waals surface area contributed by atoms with Gasteiger partial charge < -0.3 is 10.1 Å². The van der Waals surface area contributed by atoms with E-state index in [1.54, 1.807) is 6.07 Å². The van der Waals surface area contributed by atoms with Crippen LogP contribution in [0.4, 0.5) is 0 Å². The predicted octanol–water partition coefficient (Wildman–Crippen LogP) is 2.63. The van der Waals surface area contributed by atoms with Gasteiger partial charge in [0.15, 0.2) is 0 Å². The zero-order chi connectivity index (χ0) is 13.7. The van der Waals surface area contributed by atoms with Gasteiger partial charge in [-0.05, 0) is 30.4 Å². The Kier molecular flexibility index (Phi) is 2.60. The highest BCUT2D eigenvalue weighted by molar-refractivity contribution is 6.03. The lowest BCUT2D eigenvalue weighted by Gasteiger charge is -2.26. The molecule has 2 heterocycles. The van der Waals surface area contributed by atoms with E-state index in [2.05, 4.69) is 9.88 Å². The molecule has 4 rings (SSSR count). The number of aromatic nitrogens is 1. The molecule has 2 aliphatic rings. The van der Waals surface area contributed by atoms with Gasteiger partial charge in [0.25, 0.3) is 0 Å². The lowest BCUT2D eigenvalue weighted by Crippen LogP contribution is -2.31. The quantitative estimate of drug-likeness (QED) is 0.901. The zero-order valence-electron chi connectivity index (χ0n) is 11.4. The molecule has 0 unspecified atom stereocenters. The SMILES string of the molecule is O=C(O)c1cccc2c3c([nH]c12)CCN(CC1CC1)C3. The summed E-state index contributed by atoms with van der Waals surface area (Å²) in [6, 6.07) is 5.56. The van der Waals surface area contributed by atoms with Gasteiger partial charge >= 0.3 is 5.97 Å². The number of aromatic carboxylic acids is 1. The van der Waals surface area contributed by atoms with Crippen LogP contribution in [0.3, 0.4) is 0 Å². The van der Waals surface area contributed by atoms with Crippen LogP contribution in [-0.4, -0.2) is 34.0 Å². The molecule has 0 atom stereocenters. The Balaban J connectivity index is 1.75. The number of benzene rings is 1. The summed E-state index contributed by atoms with van der Waals surface area (Å²) in [5, 5.41) is 10.4. The number of hydrogen-bond donors (Lipinski definition) is 2. The highest BCUT2D eigenvalue weighted by atomic mass is 16.4. The van der Waals surface area contributed by atoms with E-state index in [9.17, 15) is 9.90 Å². The van der Waals surface area contributed by atoms with Crippen LogP contribution in [0.1, 0.15) is 34.5 Å². The van der Waals surface area contributed by atoms with Gasteiger partial charge in [0.2, 0.25) is 0 Å². The molecule has 4 nitrogen and oxygen atoms in total. The van der Waals surface area contributed by atoms with Crippen LogP contribution in [-0.2, 0) is 13.0 Å². The Morgan fingerprint density at radius 2 is 2.25 bits per heavy atom. The first-order chi connectivity index (χ1) is 9.72. The molecule has 2 aromatic rings. The number of para-hydroxylation sites is 1. The van der Waals surface area contributed by atoms with Crippen molar-refractivity contribution in [2.75, 3.05) is 13.1 Å². The topological polar surface area (TPSA) is 56.3 Å². The third-order valence-electron chi connectivity index (χ3n) is 4.53. The van der Waals surface area contributed by atoms with E-state index in [1.807, 2.05) is 12.1 Å². The number of carbonyl (C=O) groups is 1. The zero-order valence-corrected chi connectivity index (χ0v) is 11.4. The van der Waals surface area contributed by atoms with Crippen LogP contribution < -0.4 is 0 Å². The van der Waals surface area contributed by atoms with Gasteiger partial charge in [-0.1, -0.05) is 12.1 Å². The Morgan fingerprint density at radius 3 is 3.00 bits per heavy atom. The van der Waals surface area contributed by atoms with Gasteiger partial charge in [-0.3, -0.25) is 4.90 Å². The maximum atomic E-state index is 11.3. The molecular weight excluding hydrogens is 252 g/mol. The first-order valence-electron chi connectivity index (χ1n) is 7.30. The summed E-state index contributed by atoms with van der Waals surface area (Å²) >= 11 is 0. The van der Waals surface area contributed by atoms with Gasteiger partial charge in [0.05, 0.1) is 11.1 Å². The number of hydrogen-bond acceptors (Lipinski definition) is 2. The molecule has 104 valence electrons. The Hall–Kier alpha value is -1.81. The maximum absolute atomic E-state index is 11.3. The molecule has 2 N–H and O–H groups in total. The third kappa shape index (κ3) is 1.91. The fraction of sp³-hybridized carbons (Fsp3) is 0.438. The lowest BCUT2D eigenvalue weighted by atomic mass is 10.0. The lowest BCUT2D eigenvalue weighted by molar-refractivity contribution is 0.0699. The molecule has 1 fully saturated rings. The number of H-pyrrole nitrogens is 1. The smallest absolute Gasteiger partial charge is 0.337 e. The van der Waals surface area contributed by atoms with Crippen LogP contribution >= 0.6 is 0 Å². The van der Waals surface area contributed by atoms with Crippen molar-refractivity contribution in [3.05, 3.63) is 35.0 Å². The molecule has 0 saturated heterocycles. The van der Waals surface area contributed by atoms with E-state index in [1.165, 1.54) is 30.6 Å². The van der Waals surface area contributed by atoms with Gasteiger partial charge in [0, 0.05) is 37.1 Å². The van der Waals surface area contributed by atoms with Crippen molar-refractivity contribution in [2.24, 2.45) is 5.92 Å². The molecule has 0 spiro atoms. The predicted molar refractivity (Wildman–Crippen MR) is 77.0 cm³/mol. The monoisotopic (exact) mass is 270 g/mol. The molecule has 1 aliphatic carbocycles. The summed E-state index contributed by atoms with van der Waals surface area (Å²) in [5.74, 6) is 0.0420. The highest BCUT2D eigenvalue weighted by Gasteiger charge is 2.28. The van der Waals surface area contributed by atoms with Gasteiger partial charge in [-0.25, -0.2) is 4.79 Å². The Morgan fingerprint density at radius 1 is 1.40 bits per heavy atom. The number of nitrogens with zero attached hydrogens (tertiary/aromatic N) is 1. The van der Waals surface area contributed by atoms with Gasteiger partial charge in [0.1, 0.15) is 0 Å². The standard InChI is InChI=1S/C16H18N2O2/c19-16(20)12-3-1-2-11-13-9-18(8-10-4-5-10)7-6-14(13)17-15(11)12/h1-3,10,17H,4-9H2,(H,19,20). The van der Waals surface area contributed by atoms with Crippen LogP contribution in [0.5, 0.6) is 0 Å². The first kappa shape index (κ1) is 12.0. The second-order valence-corrected chi connectivity index (χ2v) is 6.04. The maximum Gasteiger partial charge on any atom is 0.337 e. The minimum Gasteiger partial charge on any atom is -0.478 e. The molecule has 0 amide bonds. The van der Waals surface area contributed by atoms with E-state index in [4.69, 9.17) is 0 Å². The minimum atomic E-state index is -0.857. The number of aromatic amines is 1. The fourth-order valence-corrected chi connectivity index (χ4v) is 3.29. The van der Waals surface area contributed by atoms with Crippen LogP contribution in [0, 0.1) is 5.92 Å². The van der Waals surface area contributed by atoms with E-state index in [0.29, 0.717) is 5.56 Å². The molecule has 4 heteroatoms. The summed E-state index contributed by atoms with van der Waals surface area (Å²) in [5.41, 5.74) is 3.69. The third-order valence-corrected chi connectivity index (χ3v) is 4.53. The van der Waals surface area contributed by atoms with Crippen molar-refractivity contribution >= 4 is 16.9 Å². The van der Waals surface area contributed by atoms with E-state index < -0.39 is 5.97 Å². The average molecular weight is 270 g/mol. The Labute approximate surface area is 117 Å². The second-order valence-electron chi connectivity index (χ2n) is 6.04. The first-order valence-corrected chi connectivity index (χ1v) is 7.30. The molecule has 0 bridgehead atoms. The molecule has 1 aromatic carbocycles. The van der Waals surface area contributed by atoms with Crippen molar-refractivity contribution in [3.8, 4) is 0 Å². The molecule has 1 saturated carbocycles. The van der Waals surface area contributed by atoms with Crippen molar-refractivity contribution in [1.29, 1.82) is 0 Å². The van der Waals surface area contributed by atoms with Crippen molar-refractivity contribution in [1.82, 2.24) is 9.88 Å². The molecule has 1 aromatic heterocycles. The molecule has 20 heavy (non-hydrogen) atoms. The summed E-state index contributed by atoms with van der Waals surface area (Å²) < 4.78 is 0. The highest BCUT2D eigenvalue weighted by Crippen LogP contribution is 2.34. The second kappa shape index (κ2) is 4.35. The van der Waals surface area contributed by atoms with Gasteiger partial charge in [-0.2, -0.15) is 0 Å². The number of carboxylic acids is 1. The van der Waals surface area contributed by atoms with Crippen LogP contribution in [0.15, 0.2) is 18.2 Å². The van der Waals surface area contributed by atoms with E-state index >= 15 is 0 Å². The summed E-state index contributed by atoms with van der Waals surface area (Å²) in [4.78, 5) is 17.2. The number of nitrogens with one attached hydrogen (secondary N) is 1. The van der Waals surface area contributed by atoms with Crippen LogP contribution in [0.2, 0.25) is 0 Å². The number of carboxylic acid groups (broad SMARTS) is 1. The number of rotatable bonds is 3. The minimum absolute atomic E-state index is 0.380.